The highest BCUT2D eigenvalue weighted by atomic mass is 32.1. The van der Waals surface area contributed by atoms with Crippen LogP contribution >= 0.6 is 11.5 Å². The molecule has 0 radical (unpaired) electrons. The third kappa shape index (κ3) is 2.30. The van der Waals surface area contributed by atoms with Gasteiger partial charge in [-0.25, -0.2) is 4.98 Å². The molecule has 2 aromatic heterocycles. The van der Waals surface area contributed by atoms with Crippen molar-refractivity contribution < 1.29 is 4.42 Å². The molecule has 0 aliphatic heterocycles. The van der Waals surface area contributed by atoms with E-state index in [4.69, 9.17) is 4.42 Å². The van der Waals surface area contributed by atoms with Gasteiger partial charge in [-0.1, -0.05) is 15.7 Å². The van der Waals surface area contributed by atoms with Gasteiger partial charge < -0.3 is 9.73 Å². The van der Waals surface area contributed by atoms with Gasteiger partial charge in [0.05, 0.1) is 0 Å². The normalized spacial score (nSPS) is 10.9. The molecule has 0 atom stereocenters. The fourth-order valence-corrected chi connectivity index (χ4v) is 2.15. The Morgan fingerprint density at radius 1 is 1.39 bits per heavy atom. The number of aromatic nitrogens is 4. The van der Waals surface area contributed by atoms with Crippen LogP contribution in [-0.2, 0) is 6.42 Å². The predicted octanol–water partition coefficient (Wildman–Crippen LogP) is 2.04. The Morgan fingerprint density at radius 3 is 3.17 bits per heavy atom. The van der Waals surface area contributed by atoms with Gasteiger partial charge in [-0.2, -0.15) is 0 Å². The van der Waals surface area contributed by atoms with Crippen LogP contribution in [0.25, 0.3) is 11.1 Å². The third-order valence-electron chi connectivity index (χ3n) is 2.55. The van der Waals surface area contributed by atoms with Gasteiger partial charge in [0, 0.05) is 25.0 Å². The SMILES string of the molecule is Cc1nc2ccc(CCNc3nnns3)cc2o1. The van der Waals surface area contributed by atoms with Gasteiger partial charge in [0.15, 0.2) is 11.5 Å². The molecule has 0 fully saturated rings. The molecule has 2 heterocycles. The molecule has 3 aromatic rings. The van der Waals surface area contributed by atoms with E-state index in [-0.39, 0.29) is 0 Å². The van der Waals surface area contributed by atoms with E-state index in [1.165, 1.54) is 17.1 Å². The molecular weight excluding hydrogens is 250 g/mol. The van der Waals surface area contributed by atoms with Crippen LogP contribution in [0, 0.1) is 6.92 Å². The summed E-state index contributed by atoms with van der Waals surface area (Å²) in [5.74, 6) is 0.695. The Bertz CT molecular complexity index is 649. The van der Waals surface area contributed by atoms with Gasteiger partial charge >= 0.3 is 0 Å². The number of nitrogens with one attached hydrogen (secondary N) is 1. The molecule has 0 spiro atoms. The van der Waals surface area contributed by atoms with Crippen LogP contribution in [0.1, 0.15) is 11.5 Å². The van der Waals surface area contributed by atoms with Crippen molar-refractivity contribution in [2.24, 2.45) is 0 Å². The van der Waals surface area contributed by atoms with Gasteiger partial charge in [0.2, 0.25) is 5.13 Å². The second-order valence-corrected chi connectivity index (χ2v) is 4.61. The first-order chi connectivity index (χ1) is 8.81. The van der Waals surface area contributed by atoms with Gasteiger partial charge in [-0.05, 0) is 29.3 Å². The summed E-state index contributed by atoms with van der Waals surface area (Å²) in [6, 6.07) is 6.06. The second-order valence-electron chi connectivity index (χ2n) is 3.88. The summed E-state index contributed by atoms with van der Waals surface area (Å²) in [7, 11) is 0. The first kappa shape index (κ1) is 11.1. The average molecular weight is 261 g/mol. The number of benzene rings is 1. The Kier molecular flexibility index (Phi) is 2.89. The zero-order chi connectivity index (χ0) is 12.4. The first-order valence-corrected chi connectivity index (χ1v) is 6.33. The summed E-state index contributed by atoms with van der Waals surface area (Å²) < 4.78 is 9.19. The van der Waals surface area contributed by atoms with Crippen LogP contribution < -0.4 is 5.32 Å². The van der Waals surface area contributed by atoms with Crippen molar-refractivity contribution >= 4 is 27.8 Å². The highest BCUT2D eigenvalue weighted by Gasteiger charge is 2.03. The molecule has 6 nitrogen and oxygen atoms in total. The maximum Gasteiger partial charge on any atom is 0.225 e. The molecule has 0 saturated heterocycles. The van der Waals surface area contributed by atoms with E-state index in [9.17, 15) is 0 Å². The van der Waals surface area contributed by atoms with Gasteiger partial charge in [-0.15, -0.1) is 0 Å². The molecule has 1 N–H and O–H groups in total. The summed E-state index contributed by atoms with van der Waals surface area (Å²) >= 11 is 1.25. The highest BCUT2D eigenvalue weighted by molar-refractivity contribution is 7.09. The number of nitrogens with zero attached hydrogens (tertiary/aromatic N) is 4. The Labute approximate surface area is 107 Å². The lowest BCUT2D eigenvalue weighted by atomic mass is 10.1. The van der Waals surface area contributed by atoms with Crippen LogP contribution in [0.5, 0.6) is 0 Å². The molecular formula is C11H11N5OS. The summed E-state index contributed by atoms with van der Waals surface area (Å²) in [5, 5.41) is 11.2. The van der Waals surface area contributed by atoms with Crippen molar-refractivity contribution in [2.75, 3.05) is 11.9 Å². The Morgan fingerprint density at radius 2 is 2.33 bits per heavy atom. The van der Waals surface area contributed by atoms with Crippen molar-refractivity contribution in [3.05, 3.63) is 29.7 Å². The number of hydrogen-bond acceptors (Lipinski definition) is 7. The zero-order valence-electron chi connectivity index (χ0n) is 9.75. The van der Waals surface area contributed by atoms with E-state index >= 15 is 0 Å². The lowest BCUT2D eigenvalue weighted by molar-refractivity contribution is 0.560. The number of rotatable bonds is 4. The topological polar surface area (TPSA) is 76.7 Å². The van der Waals surface area contributed by atoms with Crippen molar-refractivity contribution in [3.8, 4) is 0 Å². The van der Waals surface area contributed by atoms with E-state index in [1.807, 2.05) is 19.1 Å². The number of hydrogen-bond donors (Lipinski definition) is 1. The van der Waals surface area contributed by atoms with Gasteiger partial charge in [0.25, 0.3) is 0 Å². The average Bonchev–Trinajstić information content (AvgIpc) is 2.96. The van der Waals surface area contributed by atoms with E-state index in [1.54, 1.807) is 0 Å². The van der Waals surface area contributed by atoms with Crippen LogP contribution in [0.4, 0.5) is 5.13 Å². The smallest absolute Gasteiger partial charge is 0.225 e. The summed E-state index contributed by atoms with van der Waals surface area (Å²) in [4.78, 5) is 4.27. The second kappa shape index (κ2) is 4.69. The lowest BCUT2D eigenvalue weighted by Gasteiger charge is -2.01. The summed E-state index contributed by atoms with van der Waals surface area (Å²) in [6.07, 6.45) is 0.884. The molecule has 0 amide bonds. The Hall–Kier alpha value is -2.02. The molecule has 0 aliphatic rings. The Balaban J connectivity index is 1.67. The predicted molar refractivity (Wildman–Crippen MR) is 68.6 cm³/mol. The number of oxazole rings is 1. The minimum absolute atomic E-state index is 0.695. The van der Waals surface area contributed by atoms with Gasteiger partial charge in [0.1, 0.15) is 5.52 Å². The first-order valence-electron chi connectivity index (χ1n) is 5.56. The van der Waals surface area contributed by atoms with Crippen LogP contribution in [0.15, 0.2) is 22.6 Å². The van der Waals surface area contributed by atoms with Crippen LogP contribution in [-0.4, -0.2) is 26.3 Å². The molecule has 0 aliphatic carbocycles. The molecule has 3 rings (SSSR count). The maximum absolute atomic E-state index is 5.50. The standard InChI is InChI=1S/C11H11N5OS/c1-7-13-9-3-2-8(6-10(9)17-7)4-5-12-11-14-15-16-18-11/h2-3,6H,4-5H2,1H3,(H,12,14,16). The van der Waals surface area contributed by atoms with Crippen LogP contribution in [0.3, 0.4) is 0 Å². The van der Waals surface area contributed by atoms with E-state index in [0.29, 0.717) is 5.89 Å². The molecule has 92 valence electrons. The maximum atomic E-state index is 5.50. The fraction of sp³-hybridized carbons (Fsp3) is 0.273. The molecule has 0 unspecified atom stereocenters. The van der Waals surface area contributed by atoms with Gasteiger partial charge in [-0.3, -0.25) is 0 Å². The minimum atomic E-state index is 0.695. The molecule has 0 bridgehead atoms. The monoisotopic (exact) mass is 261 g/mol. The van der Waals surface area contributed by atoms with E-state index < -0.39 is 0 Å². The molecule has 7 heteroatoms. The molecule has 0 saturated carbocycles. The molecule has 18 heavy (non-hydrogen) atoms. The third-order valence-corrected chi connectivity index (χ3v) is 3.10. The summed E-state index contributed by atoms with van der Waals surface area (Å²) in [6.45, 7) is 2.64. The molecule has 1 aromatic carbocycles. The van der Waals surface area contributed by atoms with Crippen LogP contribution in [0.2, 0.25) is 0 Å². The minimum Gasteiger partial charge on any atom is -0.441 e. The summed E-state index contributed by atoms with van der Waals surface area (Å²) in [5.41, 5.74) is 2.93. The fourth-order valence-electron chi connectivity index (χ4n) is 1.76. The highest BCUT2D eigenvalue weighted by Crippen LogP contribution is 2.17. The van der Waals surface area contributed by atoms with Crippen molar-refractivity contribution in [1.82, 2.24) is 19.8 Å². The quantitative estimate of drug-likeness (QED) is 0.774. The lowest BCUT2D eigenvalue weighted by Crippen LogP contribution is -2.04. The number of aryl methyl sites for hydroxylation is 1. The van der Waals surface area contributed by atoms with Crippen molar-refractivity contribution in [3.63, 3.8) is 0 Å². The van der Waals surface area contributed by atoms with Crippen molar-refractivity contribution in [1.29, 1.82) is 0 Å². The number of fused-ring (bicyclic) bond motifs is 1. The number of anilines is 1. The van der Waals surface area contributed by atoms with E-state index in [0.717, 1.165) is 29.2 Å². The largest absolute Gasteiger partial charge is 0.441 e. The van der Waals surface area contributed by atoms with Crippen molar-refractivity contribution in [2.45, 2.75) is 13.3 Å². The zero-order valence-corrected chi connectivity index (χ0v) is 10.6. The van der Waals surface area contributed by atoms with E-state index in [2.05, 4.69) is 31.2 Å².